The molecule has 1 heteroatoms. The molecule has 0 spiro atoms. The van der Waals surface area contributed by atoms with Crippen LogP contribution in [0.3, 0.4) is 0 Å². The molecule has 3 rings (SSSR count). The average molecular weight is 292 g/mol. The van der Waals surface area contributed by atoms with Gasteiger partial charge in [-0.05, 0) is 42.5 Å². The van der Waals surface area contributed by atoms with Crippen molar-refractivity contribution in [3.63, 3.8) is 0 Å². The summed E-state index contributed by atoms with van der Waals surface area (Å²) in [4.78, 5) is 1.41. The second-order valence-corrected chi connectivity index (χ2v) is 6.84. The first-order valence-electron chi connectivity index (χ1n) is 7.33. The lowest BCUT2D eigenvalue weighted by Gasteiger charge is -2.11. The fourth-order valence-corrected chi connectivity index (χ4v) is 4.39. The van der Waals surface area contributed by atoms with Gasteiger partial charge in [-0.1, -0.05) is 66.7 Å². The molecule has 106 valence electrons. The average Bonchev–Trinajstić information content (AvgIpc) is 2.94. The minimum Gasteiger partial charge on any atom is -0.117 e. The van der Waals surface area contributed by atoms with Crippen molar-refractivity contribution in [2.24, 2.45) is 0 Å². The largest absolute Gasteiger partial charge is 0.117 e. The summed E-state index contributed by atoms with van der Waals surface area (Å²) >= 11 is 1.99. The molecule has 0 aliphatic carbocycles. The quantitative estimate of drug-likeness (QED) is 0.652. The van der Waals surface area contributed by atoms with Gasteiger partial charge in [-0.3, -0.25) is 0 Å². The monoisotopic (exact) mass is 292 g/mol. The van der Waals surface area contributed by atoms with Crippen LogP contribution in [0.2, 0.25) is 0 Å². The maximum Gasteiger partial charge on any atom is 0.0385 e. The van der Waals surface area contributed by atoms with Gasteiger partial charge in [-0.25, -0.2) is 0 Å². The topological polar surface area (TPSA) is 0 Å². The number of allylic oxidation sites excluding steroid dienone is 2. The SMILES string of the molecule is C=C(C)C1=C(c2ccccc2C)SC(c2ccccc2)C1. The van der Waals surface area contributed by atoms with Crippen molar-refractivity contribution in [2.45, 2.75) is 25.5 Å². The molecule has 2 aromatic rings. The Bertz CT molecular complexity index is 695. The van der Waals surface area contributed by atoms with E-state index in [1.54, 1.807) is 0 Å². The lowest BCUT2D eigenvalue weighted by Crippen LogP contribution is -1.90. The zero-order valence-electron chi connectivity index (χ0n) is 12.6. The fourth-order valence-electron chi connectivity index (χ4n) is 2.81. The third-order valence-electron chi connectivity index (χ3n) is 4.00. The van der Waals surface area contributed by atoms with Gasteiger partial charge in [-0.15, -0.1) is 11.8 Å². The molecule has 1 atom stereocenters. The minimum atomic E-state index is 0.507. The van der Waals surface area contributed by atoms with Gasteiger partial charge < -0.3 is 0 Å². The predicted molar refractivity (Wildman–Crippen MR) is 94.3 cm³/mol. The van der Waals surface area contributed by atoms with Gasteiger partial charge in [0.25, 0.3) is 0 Å². The number of aryl methyl sites for hydroxylation is 1. The highest BCUT2D eigenvalue weighted by Crippen LogP contribution is 2.53. The molecule has 0 saturated heterocycles. The number of hydrogen-bond acceptors (Lipinski definition) is 1. The van der Waals surface area contributed by atoms with E-state index in [1.807, 2.05) is 11.8 Å². The van der Waals surface area contributed by atoms with Crippen LogP contribution in [0.5, 0.6) is 0 Å². The number of benzene rings is 2. The molecule has 0 bridgehead atoms. The lowest BCUT2D eigenvalue weighted by molar-refractivity contribution is 0.946. The number of thioether (sulfide) groups is 1. The van der Waals surface area contributed by atoms with E-state index in [0.29, 0.717) is 5.25 Å². The molecular formula is C20H20S. The second-order valence-electron chi connectivity index (χ2n) is 5.62. The molecule has 0 amide bonds. The molecule has 0 aromatic heterocycles. The maximum absolute atomic E-state index is 4.20. The highest BCUT2D eigenvalue weighted by atomic mass is 32.2. The Labute approximate surface area is 131 Å². The van der Waals surface area contributed by atoms with Gasteiger partial charge in [0.05, 0.1) is 0 Å². The predicted octanol–water partition coefficient (Wildman–Crippen LogP) is 6.16. The smallest absolute Gasteiger partial charge is 0.0385 e. The van der Waals surface area contributed by atoms with Crippen LogP contribution in [0.15, 0.2) is 72.3 Å². The number of rotatable bonds is 3. The van der Waals surface area contributed by atoms with Gasteiger partial charge in [0.1, 0.15) is 0 Å². The van der Waals surface area contributed by atoms with Crippen LogP contribution in [0.25, 0.3) is 4.91 Å². The van der Waals surface area contributed by atoms with Gasteiger partial charge in [0, 0.05) is 10.2 Å². The van der Waals surface area contributed by atoms with Crippen LogP contribution >= 0.6 is 11.8 Å². The molecule has 0 radical (unpaired) electrons. The van der Waals surface area contributed by atoms with Crippen molar-refractivity contribution in [1.29, 1.82) is 0 Å². The fraction of sp³-hybridized carbons (Fsp3) is 0.200. The summed E-state index contributed by atoms with van der Waals surface area (Å²) in [5.74, 6) is 0. The molecule has 1 aliphatic rings. The summed E-state index contributed by atoms with van der Waals surface area (Å²) in [7, 11) is 0. The summed E-state index contributed by atoms with van der Waals surface area (Å²) in [5.41, 5.74) is 6.72. The van der Waals surface area contributed by atoms with Gasteiger partial charge in [0.2, 0.25) is 0 Å². The molecule has 2 aromatic carbocycles. The highest BCUT2D eigenvalue weighted by molar-refractivity contribution is 8.08. The van der Waals surface area contributed by atoms with Crippen molar-refractivity contribution < 1.29 is 0 Å². The van der Waals surface area contributed by atoms with Crippen LogP contribution in [0.1, 0.15) is 35.3 Å². The van der Waals surface area contributed by atoms with Crippen LogP contribution < -0.4 is 0 Å². The molecule has 0 N–H and O–H groups in total. The van der Waals surface area contributed by atoms with Crippen LogP contribution in [0.4, 0.5) is 0 Å². The Morgan fingerprint density at radius 2 is 1.71 bits per heavy atom. The van der Waals surface area contributed by atoms with Crippen LogP contribution in [0, 0.1) is 6.92 Å². The first-order valence-corrected chi connectivity index (χ1v) is 8.21. The molecule has 1 aliphatic heterocycles. The standard InChI is InChI=1S/C20H20S/c1-14(2)18-13-19(16-10-5-4-6-11-16)21-20(18)17-12-8-7-9-15(17)3/h4-12,19H,1,13H2,2-3H3. The van der Waals surface area contributed by atoms with E-state index >= 15 is 0 Å². The second kappa shape index (κ2) is 5.95. The zero-order valence-corrected chi connectivity index (χ0v) is 13.4. The number of hydrogen-bond donors (Lipinski definition) is 0. The summed E-state index contributed by atoms with van der Waals surface area (Å²) in [6.07, 6.45) is 1.08. The van der Waals surface area contributed by atoms with E-state index in [4.69, 9.17) is 0 Å². The van der Waals surface area contributed by atoms with Crippen molar-refractivity contribution in [2.75, 3.05) is 0 Å². The Hall–Kier alpha value is -1.73. The van der Waals surface area contributed by atoms with E-state index in [2.05, 4.69) is 75.0 Å². The minimum absolute atomic E-state index is 0.507. The molecule has 0 saturated carbocycles. The van der Waals surface area contributed by atoms with Crippen LogP contribution in [-0.4, -0.2) is 0 Å². The van der Waals surface area contributed by atoms with Gasteiger partial charge >= 0.3 is 0 Å². The van der Waals surface area contributed by atoms with E-state index in [1.165, 1.54) is 32.7 Å². The summed E-state index contributed by atoms with van der Waals surface area (Å²) in [6.45, 7) is 8.52. The zero-order chi connectivity index (χ0) is 14.8. The van der Waals surface area contributed by atoms with E-state index < -0.39 is 0 Å². The molecule has 1 heterocycles. The maximum atomic E-state index is 4.20. The Balaban J connectivity index is 1.99. The van der Waals surface area contributed by atoms with E-state index in [-0.39, 0.29) is 0 Å². The summed E-state index contributed by atoms with van der Waals surface area (Å²) in [5, 5.41) is 0.507. The lowest BCUT2D eigenvalue weighted by atomic mass is 9.96. The molecule has 1 unspecified atom stereocenters. The van der Waals surface area contributed by atoms with E-state index in [0.717, 1.165) is 6.42 Å². The first-order chi connectivity index (χ1) is 10.2. The Morgan fingerprint density at radius 3 is 2.38 bits per heavy atom. The third-order valence-corrected chi connectivity index (χ3v) is 5.43. The molecule has 0 fully saturated rings. The Morgan fingerprint density at radius 1 is 1.05 bits per heavy atom. The first kappa shape index (κ1) is 14.2. The normalized spacial score (nSPS) is 18.1. The van der Waals surface area contributed by atoms with Crippen molar-refractivity contribution in [3.05, 3.63) is 89.0 Å². The van der Waals surface area contributed by atoms with Gasteiger partial charge in [-0.2, -0.15) is 0 Å². The van der Waals surface area contributed by atoms with Gasteiger partial charge in [0.15, 0.2) is 0 Å². The summed E-state index contributed by atoms with van der Waals surface area (Å²) in [6, 6.07) is 19.4. The molecular weight excluding hydrogens is 272 g/mol. The van der Waals surface area contributed by atoms with Crippen molar-refractivity contribution >= 4 is 16.7 Å². The van der Waals surface area contributed by atoms with Crippen LogP contribution in [-0.2, 0) is 0 Å². The Kier molecular flexibility index (Phi) is 4.03. The highest BCUT2D eigenvalue weighted by Gasteiger charge is 2.27. The van der Waals surface area contributed by atoms with E-state index in [9.17, 15) is 0 Å². The molecule has 0 nitrogen and oxygen atoms in total. The van der Waals surface area contributed by atoms with Crippen molar-refractivity contribution in [3.8, 4) is 0 Å². The van der Waals surface area contributed by atoms with Crippen molar-refractivity contribution in [1.82, 2.24) is 0 Å². The third kappa shape index (κ3) is 2.84. The summed E-state index contributed by atoms with van der Waals surface area (Å²) < 4.78 is 0. The molecule has 21 heavy (non-hydrogen) atoms.